The van der Waals surface area contributed by atoms with Gasteiger partial charge in [-0.3, -0.25) is 0 Å². The molecule has 0 amide bonds. The van der Waals surface area contributed by atoms with Gasteiger partial charge in [-0.25, -0.2) is 0 Å². The largest absolute Gasteiger partial charge is 0.311 e. The number of rotatable bonds is 10. The van der Waals surface area contributed by atoms with E-state index in [1.165, 1.54) is 109 Å². The molecule has 0 bridgehead atoms. The SMILES string of the molecule is c1ccc(-c2cc(-c3ccccc3)cc(-c3ccc(N(c4ccc(-c5ccc(-c6cccc(-c7ccc8ccccc8c7)c6)cc5)cc4)c4ccc(-c5cccc6c5sc5ccccc56)cc4)cc3)c2)cc1. The second-order valence-corrected chi connectivity index (χ2v) is 19.6. The standard InChI is InChI=1S/C70H47NS/c1-3-13-48(14-4-1)60-45-61(49-15-5-2-6-16-49)47-62(46-60)54-33-39-64(40-34-54)71(65-41-35-55(36-42-65)66-22-12-23-68-67-21-9-10-24-69(67)72-70(66)68)63-37-31-52(32-38-63)51-25-27-53(28-26-51)57-19-11-20-58(43-57)59-30-29-50-17-7-8-18-56(50)44-59/h1-47H. The van der Waals surface area contributed by atoms with Crippen molar-refractivity contribution in [3.05, 3.63) is 285 Å². The second kappa shape index (κ2) is 18.7. The number of hydrogen-bond donors (Lipinski definition) is 0. The van der Waals surface area contributed by atoms with Gasteiger partial charge in [0, 0.05) is 37.2 Å². The third-order valence-corrected chi connectivity index (χ3v) is 15.3. The number of nitrogens with zero attached hydrogens (tertiary/aromatic N) is 1. The van der Waals surface area contributed by atoms with Crippen molar-refractivity contribution in [2.75, 3.05) is 4.90 Å². The van der Waals surface area contributed by atoms with Crippen LogP contribution < -0.4 is 4.90 Å². The summed E-state index contributed by atoms with van der Waals surface area (Å²) in [4.78, 5) is 2.37. The molecule has 0 saturated heterocycles. The van der Waals surface area contributed by atoms with Crippen molar-refractivity contribution in [1.29, 1.82) is 0 Å². The van der Waals surface area contributed by atoms with Gasteiger partial charge in [0.15, 0.2) is 0 Å². The van der Waals surface area contributed by atoms with E-state index in [-0.39, 0.29) is 0 Å². The lowest BCUT2D eigenvalue weighted by atomic mass is 9.93. The zero-order valence-corrected chi connectivity index (χ0v) is 40.3. The van der Waals surface area contributed by atoms with Crippen LogP contribution in [0.5, 0.6) is 0 Å². The van der Waals surface area contributed by atoms with Gasteiger partial charge >= 0.3 is 0 Å². The summed E-state index contributed by atoms with van der Waals surface area (Å²) >= 11 is 1.87. The van der Waals surface area contributed by atoms with Crippen molar-refractivity contribution in [3.63, 3.8) is 0 Å². The van der Waals surface area contributed by atoms with Crippen LogP contribution in [0.15, 0.2) is 285 Å². The molecule has 0 saturated carbocycles. The Labute approximate surface area is 424 Å². The molecule has 1 heterocycles. The van der Waals surface area contributed by atoms with Gasteiger partial charge in [0.25, 0.3) is 0 Å². The van der Waals surface area contributed by atoms with Crippen molar-refractivity contribution < 1.29 is 0 Å². The van der Waals surface area contributed by atoms with Gasteiger partial charge in [-0.2, -0.15) is 0 Å². The van der Waals surface area contributed by atoms with E-state index in [9.17, 15) is 0 Å². The fourth-order valence-electron chi connectivity index (χ4n) is 10.3. The third kappa shape index (κ3) is 8.34. The van der Waals surface area contributed by atoms with Crippen LogP contribution in [-0.2, 0) is 0 Å². The molecule has 0 radical (unpaired) electrons. The first-order chi connectivity index (χ1) is 35.6. The topological polar surface area (TPSA) is 3.24 Å². The fourth-order valence-corrected chi connectivity index (χ4v) is 11.5. The molecule has 2 heteroatoms. The van der Waals surface area contributed by atoms with E-state index < -0.39 is 0 Å². The van der Waals surface area contributed by atoms with Gasteiger partial charge < -0.3 is 4.90 Å². The Morgan fingerprint density at radius 2 is 0.597 bits per heavy atom. The van der Waals surface area contributed by atoms with Crippen molar-refractivity contribution >= 4 is 59.3 Å². The minimum absolute atomic E-state index is 1.09. The van der Waals surface area contributed by atoms with Crippen LogP contribution in [0.25, 0.3) is 109 Å². The molecule has 0 unspecified atom stereocenters. The monoisotopic (exact) mass is 933 g/mol. The van der Waals surface area contributed by atoms with E-state index in [2.05, 4.69) is 290 Å². The highest BCUT2D eigenvalue weighted by atomic mass is 32.1. The van der Waals surface area contributed by atoms with E-state index in [0.29, 0.717) is 0 Å². The Morgan fingerprint density at radius 3 is 1.19 bits per heavy atom. The first kappa shape index (κ1) is 43.0. The second-order valence-electron chi connectivity index (χ2n) is 18.5. The molecular formula is C70H47NS. The molecule has 13 rings (SSSR count). The predicted octanol–water partition coefficient (Wildman–Crippen LogP) is 20.3. The maximum absolute atomic E-state index is 2.37. The van der Waals surface area contributed by atoms with E-state index >= 15 is 0 Å². The molecular weight excluding hydrogens is 887 g/mol. The van der Waals surface area contributed by atoms with Crippen LogP contribution in [0.1, 0.15) is 0 Å². The molecule has 0 atom stereocenters. The van der Waals surface area contributed by atoms with Gasteiger partial charge in [-0.05, 0) is 161 Å². The van der Waals surface area contributed by atoms with E-state index in [1.54, 1.807) is 0 Å². The molecule has 13 aromatic rings. The highest BCUT2D eigenvalue weighted by Crippen LogP contribution is 2.43. The summed E-state index contributed by atoms with van der Waals surface area (Å²) in [6.45, 7) is 0. The van der Waals surface area contributed by atoms with Crippen LogP contribution in [0.4, 0.5) is 17.1 Å². The van der Waals surface area contributed by atoms with Crippen molar-refractivity contribution in [1.82, 2.24) is 0 Å². The molecule has 338 valence electrons. The molecule has 12 aromatic carbocycles. The first-order valence-corrected chi connectivity index (χ1v) is 25.4. The summed E-state index contributed by atoms with van der Waals surface area (Å²) in [7, 11) is 0. The molecule has 0 aliphatic heterocycles. The number of thiophene rings is 1. The van der Waals surface area contributed by atoms with Crippen LogP contribution in [-0.4, -0.2) is 0 Å². The summed E-state index contributed by atoms with van der Waals surface area (Å²) in [5, 5.41) is 5.14. The summed E-state index contributed by atoms with van der Waals surface area (Å²) in [6, 6.07) is 104. The quantitative estimate of drug-likeness (QED) is 0.132. The minimum atomic E-state index is 1.09. The molecule has 0 N–H and O–H groups in total. The fraction of sp³-hybridized carbons (Fsp3) is 0. The first-order valence-electron chi connectivity index (χ1n) is 24.6. The highest BCUT2D eigenvalue weighted by molar-refractivity contribution is 7.26. The number of anilines is 3. The van der Waals surface area contributed by atoms with E-state index in [4.69, 9.17) is 0 Å². The van der Waals surface area contributed by atoms with Gasteiger partial charge in [0.1, 0.15) is 0 Å². The molecule has 0 aliphatic carbocycles. The van der Waals surface area contributed by atoms with Crippen LogP contribution in [0.3, 0.4) is 0 Å². The Balaban J connectivity index is 0.839. The van der Waals surface area contributed by atoms with Gasteiger partial charge in [-0.15, -0.1) is 11.3 Å². The Morgan fingerprint density at radius 1 is 0.222 bits per heavy atom. The summed E-state index contributed by atoms with van der Waals surface area (Å²) in [5.74, 6) is 0. The lowest BCUT2D eigenvalue weighted by molar-refractivity contribution is 1.28. The molecule has 0 fully saturated rings. The maximum Gasteiger partial charge on any atom is 0.0462 e. The molecule has 0 spiro atoms. The average molecular weight is 934 g/mol. The van der Waals surface area contributed by atoms with Crippen molar-refractivity contribution in [2.45, 2.75) is 0 Å². The predicted molar refractivity (Wildman–Crippen MR) is 310 cm³/mol. The van der Waals surface area contributed by atoms with E-state index in [1.807, 2.05) is 11.3 Å². The van der Waals surface area contributed by atoms with Gasteiger partial charge in [0.2, 0.25) is 0 Å². The Kier molecular flexibility index (Phi) is 11.1. The molecule has 0 aliphatic rings. The van der Waals surface area contributed by atoms with Crippen molar-refractivity contribution in [2.24, 2.45) is 0 Å². The van der Waals surface area contributed by atoms with E-state index in [0.717, 1.165) is 17.1 Å². The van der Waals surface area contributed by atoms with Crippen LogP contribution in [0.2, 0.25) is 0 Å². The lowest BCUT2D eigenvalue weighted by Gasteiger charge is -2.26. The number of fused-ring (bicyclic) bond motifs is 4. The molecule has 72 heavy (non-hydrogen) atoms. The minimum Gasteiger partial charge on any atom is -0.311 e. The third-order valence-electron chi connectivity index (χ3n) is 14.1. The lowest BCUT2D eigenvalue weighted by Crippen LogP contribution is -2.09. The normalized spacial score (nSPS) is 11.3. The Bertz CT molecular complexity index is 3980. The summed E-state index contributed by atoms with van der Waals surface area (Å²) in [6.07, 6.45) is 0. The van der Waals surface area contributed by atoms with Crippen molar-refractivity contribution in [3.8, 4) is 77.9 Å². The zero-order chi connectivity index (χ0) is 47.8. The van der Waals surface area contributed by atoms with Crippen LogP contribution in [0, 0.1) is 0 Å². The van der Waals surface area contributed by atoms with Gasteiger partial charge in [-0.1, -0.05) is 212 Å². The summed E-state index contributed by atoms with van der Waals surface area (Å²) < 4.78 is 2.64. The smallest absolute Gasteiger partial charge is 0.0462 e. The average Bonchev–Trinajstić information content (AvgIpc) is 3.85. The maximum atomic E-state index is 2.37. The number of hydrogen-bond acceptors (Lipinski definition) is 2. The molecule has 1 aromatic heterocycles. The molecule has 1 nitrogen and oxygen atoms in total. The zero-order valence-electron chi connectivity index (χ0n) is 39.5. The highest BCUT2D eigenvalue weighted by Gasteiger charge is 2.17. The number of benzene rings is 12. The Hall–Kier alpha value is -9.08. The van der Waals surface area contributed by atoms with Crippen LogP contribution >= 0.6 is 11.3 Å². The van der Waals surface area contributed by atoms with Gasteiger partial charge in [0.05, 0.1) is 0 Å². The summed E-state index contributed by atoms with van der Waals surface area (Å²) in [5.41, 5.74) is 20.1.